The standard InChI is InChI=1S/C31H37N3O7S/c1-22(30(36)32-31(2,3)4)33(20-23-11-14-25(39-5)15-12-23)29(35)21-34(42(37,38)26-9-7-6-8-10-26)24-13-16-27-28(19-24)41-18-17-40-27/h6-16,19,22H,17-18,20-21H2,1-5H3,(H,32,36). The van der Waals surface area contributed by atoms with E-state index in [1.807, 2.05) is 20.8 Å². The predicted molar refractivity (Wildman–Crippen MR) is 159 cm³/mol. The Morgan fingerprint density at radius 3 is 2.21 bits per heavy atom. The smallest absolute Gasteiger partial charge is 0.264 e. The van der Waals surface area contributed by atoms with Crippen LogP contribution in [0.15, 0.2) is 77.7 Å². The lowest BCUT2D eigenvalue weighted by Gasteiger charge is -2.33. The zero-order valence-corrected chi connectivity index (χ0v) is 25.3. The molecule has 0 aromatic heterocycles. The van der Waals surface area contributed by atoms with Crippen molar-refractivity contribution in [3.8, 4) is 17.2 Å². The maximum absolute atomic E-state index is 14.1. The first-order chi connectivity index (χ1) is 19.9. The van der Waals surface area contributed by atoms with Gasteiger partial charge in [0.25, 0.3) is 10.0 Å². The van der Waals surface area contributed by atoms with Gasteiger partial charge in [-0.25, -0.2) is 8.42 Å². The molecule has 1 aliphatic rings. The van der Waals surface area contributed by atoms with Gasteiger partial charge in [-0.3, -0.25) is 13.9 Å². The highest BCUT2D eigenvalue weighted by atomic mass is 32.2. The topological polar surface area (TPSA) is 114 Å². The van der Waals surface area contributed by atoms with Crippen LogP contribution in [0.1, 0.15) is 33.3 Å². The lowest BCUT2D eigenvalue weighted by atomic mass is 10.1. The number of ether oxygens (including phenoxy) is 3. The van der Waals surface area contributed by atoms with Crippen LogP contribution in [0.3, 0.4) is 0 Å². The van der Waals surface area contributed by atoms with E-state index in [2.05, 4.69) is 5.32 Å². The normalized spacial score (nSPS) is 13.5. The molecule has 0 fully saturated rings. The molecule has 4 rings (SSSR count). The lowest BCUT2D eigenvalue weighted by molar-refractivity contribution is -0.140. The molecule has 0 saturated carbocycles. The van der Waals surface area contributed by atoms with E-state index in [0.717, 1.165) is 9.87 Å². The van der Waals surface area contributed by atoms with Crippen LogP contribution < -0.4 is 23.8 Å². The molecule has 0 aliphatic carbocycles. The SMILES string of the molecule is COc1ccc(CN(C(=O)CN(c2ccc3c(c2)OCCO3)S(=O)(=O)c2ccccc2)C(C)C(=O)NC(C)(C)C)cc1. The third kappa shape index (κ3) is 7.33. The highest BCUT2D eigenvalue weighted by Gasteiger charge is 2.34. The maximum atomic E-state index is 14.1. The summed E-state index contributed by atoms with van der Waals surface area (Å²) in [5.74, 6) is 0.598. The molecule has 1 N–H and O–H groups in total. The van der Waals surface area contributed by atoms with Crippen molar-refractivity contribution in [3.63, 3.8) is 0 Å². The lowest BCUT2D eigenvalue weighted by Crippen LogP contribution is -2.54. The molecule has 1 unspecified atom stereocenters. The number of nitrogens with one attached hydrogen (secondary N) is 1. The van der Waals surface area contributed by atoms with Gasteiger partial charge in [0.1, 0.15) is 31.5 Å². The number of carbonyl (C=O) groups excluding carboxylic acids is 2. The van der Waals surface area contributed by atoms with E-state index in [1.54, 1.807) is 74.7 Å². The monoisotopic (exact) mass is 595 g/mol. The fraction of sp³-hybridized carbons (Fsp3) is 0.355. The number of methoxy groups -OCH3 is 1. The van der Waals surface area contributed by atoms with Crippen LogP contribution in [0.4, 0.5) is 5.69 Å². The summed E-state index contributed by atoms with van der Waals surface area (Å²) in [6.07, 6.45) is 0. The fourth-order valence-electron chi connectivity index (χ4n) is 4.42. The van der Waals surface area contributed by atoms with Crippen LogP contribution >= 0.6 is 0 Å². The predicted octanol–water partition coefficient (Wildman–Crippen LogP) is 3.99. The molecule has 42 heavy (non-hydrogen) atoms. The Morgan fingerprint density at radius 2 is 1.60 bits per heavy atom. The average Bonchev–Trinajstić information content (AvgIpc) is 2.97. The Bertz CT molecular complexity index is 1500. The molecular formula is C31H37N3O7S. The number of hydrogen-bond acceptors (Lipinski definition) is 7. The van der Waals surface area contributed by atoms with Crippen molar-refractivity contribution in [2.24, 2.45) is 0 Å². The molecule has 224 valence electrons. The number of nitrogens with zero attached hydrogens (tertiary/aromatic N) is 2. The molecule has 0 saturated heterocycles. The molecule has 3 aromatic carbocycles. The van der Waals surface area contributed by atoms with Crippen LogP contribution in [-0.2, 0) is 26.2 Å². The summed E-state index contributed by atoms with van der Waals surface area (Å²) in [6, 6.07) is 18.9. The number of rotatable bonds is 10. The van der Waals surface area contributed by atoms with Gasteiger partial charge in [0.15, 0.2) is 11.5 Å². The van der Waals surface area contributed by atoms with Crippen molar-refractivity contribution in [2.45, 2.75) is 50.7 Å². The van der Waals surface area contributed by atoms with Crippen LogP contribution in [0.5, 0.6) is 17.2 Å². The number of anilines is 1. The number of amides is 2. The van der Waals surface area contributed by atoms with Crippen molar-refractivity contribution in [3.05, 3.63) is 78.4 Å². The highest BCUT2D eigenvalue weighted by Crippen LogP contribution is 2.36. The molecule has 1 heterocycles. The van der Waals surface area contributed by atoms with Crippen LogP contribution in [-0.4, -0.2) is 63.6 Å². The minimum Gasteiger partial charge on any atom is -0.497 e. The molecular weight excluding hydrogens is 558 g/mol. The fourth-order valence-corrected chi connectivity index (χ4v) is 5.85. The second kappa shape index (κ2) is 12.7. The molecule has 1 aliphatic heterocycles. The number of benzene rings is 3. The quantitative estimate of drug-likeness (QED) is 0.377. The van der Waals surface area contributed by atoms with E-state index < -0.39 is 34.1 Å². The van der Waals surface area contributed by atoms with Gasteiger partial charge in [-0.15, -0.1) is 0 Å². The van der Waals surface area contributed by atoms with Crippen molar-refractivity contribution < 1.29 is 32.2 Å². The van der Waals surface area contributed by atoms with Crippen molar-refractivity contribution >= 4 is 27.5 Å². The first-order valence-electron chi connectivity index (χ1n) is 13.6. The first-order valence-corrected chi connectivity index (χ1v) is 15.0. The zero-order valence-electron chi connectivity index (χ0n) is 24.5. The third-order valence-corrected chi connectivity index (χ3v) is 8.39. The van der Waals surface area contributed by atoms with Gasteiger partial charge in [0.2, 0.25) is 11.8 Å². The first kappa shape index (κ1) is 30.7. The summed E-state index contributed by atoms with van der Waals surface area (Å²) in [5, 5.41) is 2.92. The number of fused-ring (bicyclic) bond motifs is 1. The minimum atomic E-state index is -4.19. The Morgan fingerprint density at radius 1 is 0.952 bits per heavy atom. The van der Waals surface area contributed by atoms with Crippen LogP contribution in [0.25, 0.3) is 0 Å². The van der Waals surface area contributed by atoms with Crippen LogP contribution in [0, 0.1) is 0 Å². The molecule has 0 radical (unpaired) electrons. The van der Waals surface area contributed by atoms with E-state index in [0.29, 0.717) is 30.5 Å². The van der Waals surface area contributed by atoms with E-state index in [4.69, 9.17) is 14.2 Å². The molecule has 0 spiro atoms. The summed E-state index contributed by atoms with van der Waals surface area (Å²) in [5.41, 5.74) is 0.442. The molecule has 10 nitrogen and oxygen atoms in total. The van der Waals surface area contributed by atoms with Crippen molar-refractivity contribution in [2.75, 3.05) is 31.2 Å². The number of carbonyl (C=O) groups is 2. The maximum Gasteiger partial charge on any atom is 0.264 e. The van der Waals surface area contributed by atoms with Crippen molar-refractivity contribution in [1.29, 1.82) is 0 Å². The minimum absolute atomic E-state index is 0.0212. The Balaban J connectivity index is 1.73. The van der Waals surface area contributed by atoms with E-state index in [9.17, 15) is 18.0 Å². The van der Waals surface area contributed by atoms with E-state index in [-0.39, 0.29) is 23.0 Å². The molecule has 2 amide bonds. The van der Waals surface area contributed by atoms with Gasteiger partial charge in [-0.05, 0) is 69.7 Å². The van der Waals surface area contributed by atoms with Gasteiger partial charge in [-0.1, -0.05) is 30.3 Å². The second-order valence-corrected chi connectivity index (χ2v) is 12.8. The Hall–Kier alpha value is -4.25. The van der Waals surface area contributed by atoms with E-state index >= 15 is 0 Å². The number of hydrogen-bond donors (Lipinski definition) is 1. The summed E-state index contributed by atoms with van der Waals surface area (Å²) in [6.45, 7) is 7.39. The Kier molecular flexibility index (Phi) is 9.30. The summed E-state index contributed by atoms with van der Waals surface area (Å²) >= 11 is 0. The molecule has 0 bridgehead atoms. The van der Waals surface area contributed by atoms with Crippen LogP contribution in [0.2, 0.25) is 0 Å². The largest absolute Gasteiger partial charge is 0.497 e. The summed E-state index contributed by atoms with van der Waals surface area (Å²) in [4.78, 5) is 28.7. The van der Waals surface area contributed by atoms with E-state index in [1.165, 1.54) is 17.0 Å². The molecule has 1 atom stereocenters. The zero-order chi connectivity index (χ0) is 30.5. The molecule has 11 heteroatoms. The summed E-state index contributed by atoms with van der Waals surface area (Å²) in [7, 11) is -2.63. The summed E-state index contributed by atoms with van der Waals surface area (Å²) < 4.78 is 45.5. The molecule has 3 aromatic rings. The number of sulfonamides is 1. The van der Waals surface area contributed by atoms with Gasteiger partial charge in [0, 0.05) is 18.2 Å². The second-order valence-electron chi connectivity index (χ2n) is 10.9. The third-order valence-electron chi connectivity index (χ3n) is 6.60. The van der Waals surface area contributed by atoms with Gasteiger partial charge >= 0.3 is 0 Å². The van der Waals surface area contributed by atoms with Gasteiger partial charge < -0.3 is 24.4 Å². The Labute approximate surface area is 247 Å². The van der Waals surface area contributed by atoms with Gasteiger partial charge in [-0.2, -0.15) is 0 Å². The average molecular weight is 596 g/mol. The van der Waals surface area contributed by atoms with Crippen molar-refractivity contribution in [1.82, 2.24) is 10.2 Å². The van der Waals surface area contributed by atoms with Gasteiger partial charge in [0.05, 0.1) is 17.7 Å². The highest BCUT2D eigenvalue weighted by molar-refractivity contribution is 7.92.